The summed E-state index contributed by atoms with van der Waals surface area (Å²) < 4.78 is 7.29. The summed E-state index contributed by atoms with van der Waals surface area (Å²) in [6.07, 6.45) is 4.27. The van der Waals surface area contributed by atoms with Crippen LogP contribution in [0.4, 0.5) is 0 Å². The van der Waals surface area contributed by atoms with E-state index in [1.807, 2.05) is 62.0 Å². The Morgan fingerprint density at radius 2 is 1.96 bits per heavy atom. The maximum Gasteiger partial charge on any atom is 0.312 e. The van der Waals surface area contributed by atoms with Gasteiger partial charge in [0.1, 0.15) is 16.9 Å². The second-order valence-corrected chi connectivity index (χ2v) is 7.37. The molecule has 0 aliphatic heterocycles. The topological polar surface area (TPSA) is 56.0 Å². The Balaban J connectivity index is 1.66. The normalized spacial score (nSPS) is 11.6. The van der Waals surface area contributed by atoms with Gasteiger partial charge in [-0.3, -0.25) is 4.79 Å². The summed E-state index contributed by atoms with van der Waals surface area (Å²) in [6, 6.07) is 7.97. The van der Waals surface area contributed by atoms with E-state index in [-0.39, 0.29) is 5.97 Å². The minimum absolute atomic E-state index is 0.184. The number of carbonyl (C=O) groups excluding carboxylic acids is 1. The number of hydrogen-bond acceptors (Lipinski definition) is 5. The standard InChI is InChI=1S/C18H20N3O2S/c1-18(2,3)23-16(22)8-11-21-9-6-13(7-10-21)14-4-5-15-17(20-14)24-12-19-15/h4-7,9-10,12H,8,11H2,1-3H3/q+1. The van der Waals surface area contributed by atoms with E-state index in [9.17, 15) is 4.79 Å². The lowest BCUT2D eigenvalue weighted by molar-refractivity contribution is -0.695. The molecule has 0 fully saturated rings. The second kappa shape index (κ2) is 6.65. The van der Waals surface area contributed by atoms with Gasteiger partial charge in [-0.05, 0) is 32.9 Å². The molecule has 3 aromatic rings. The fourth-order valence-corrected chi connectivity index (χ4v) is 2.96. The summed E-state index contributed by atoms with van der Waals surface area (Å²) >= 11 is 1.54. The van der Waals surface area contributed by atoms with Crippen LogP contribution in [0, 0.1) is 0 Å². The van der Waals surface area contributed by atoms with Gasteiger partial charge in [-0.15, -0.1) is 11.3 Å². The molecular weight excluding hydrogens is 322 g/mol. The van der Waals surface area contributed by atoms with Gasteiger partial charge >= 0.3 is 5.97 Å². The summed E-state index contributed by atoms with van der Waals surface area (Å²) in [5.41, 5.74) is 4.25. The van der Waals surface area contributed by atoms with E-state index in [0.717, 1.165) is 21.6 Å². The van der Waals surface area contributed by atoms with Crippen molar-refractivity contribution in [2.45, 2.75) is 39.3 Å². The smallest absolute Gasteiger partial charge is 0.312 e. The molecule has 3 aromatic heterocycles. The molecule has 0 bridgehead atoms. The minimum Gasteiger partial charge on any atom is -0.460 e. The molecule has 124 valence electrons. The van der Waals surface area contributed by atoms with Crippen molar-refractivity contribution in [3.8, 4) is 11.3 Å². The van der Waals surface area contributed by atoms with Crippen LogP contribution in [0.15, 0.2) is 42.2 Å². The number of ether oxygens (including phenoxy) is 1. The zero-order valence-electron chi connectivity index (χ0n) is 14.0. The number of aromatic nitrogens is 3. The zero-order valence-corrected chi connectivity index (χ0v) is 14.8. The van der Waals surface area contributed by atoms with E-state index >= 15 is 0 Å². The Kier molecular flexibility index (Phi) is 4.57. The van der Waals surface area contributed by atoms with Crippen molar-refractivity contribution < 1.29 is 14.1 Å². The maximum atomic E-state index is 11.8. The molecule has 0 unspecified atom stereocenters. The van der Waals surface area contributed by atoms with Crippen molar-refractivity contribution in [1.82, 2.24) is 9.97 Å². The van der Waals surface area contributed by atoms with Crippen LogP contribution in [-0.4, -0.2) is 21.5 Å². The van der Waals surface area contributed by atoms with Crippen molar-refractivity contribution in [3.05, 3.63) is 42.2 Å². The van der Waals surface area contributed by atoms with Crippen molar-refractivity contribution >= 4 is 27.7 Å². The van der Waals surface area contributed by atoms with Crippen molar-refractivity contribution in [3.63, 3.8) is 0 Å². The Hall–Kier alpha value is -2.34. The summed E-state index contributed by atoms with van der Waals surface area (Å²) in [5, 5.41) is 0. The summed E-state index contributed by atoms with van der Waals surface area (Å²) in [7, 11) is 0. The SMILES string of the molecule is CC(C)(C)OC(=O)CC[n+]1ccc(-c2ccc3ncsc3n2)cc1. The van der Waals surface area contributed by atoms with Crippen LogP contribution >= 0.6 is 11.3 Å². The van der Waals surface area contributed by atoms with Crippen LogP contribution in [0.3, 0.4) is 0 Å². The molecule has 3 heterocycles. The van der Waals surface area contributed by atoms with Gasteiger partial charge in [-0.2, -0.15) is 0 Å². The van der Waals surface area contributed by atoms with Gasteiger partial charge in [0.25, 0.3) is 0 Å². The summed E-state index contributed by atoms with van der Waals surface area (Å²) in [4.78, 5) is 21.6. The second-order valence-electron chi connectivity index (χ2n) is 6.53. The highest BCUT2D eigenvalue weighted by atomic mass is 32.1. The predicted molar refractivity (Wildman–Crippen MR) is 93.5 cm³/mol. The van der Waals surface area contributed by atoms with Gasteiger partial charge in [0.05, 0.1) is 16.7 Å². The van der Waals surface area contributed by atoms with E-state index in [4.69, 9.17) is 4.74 Å². The number of fused-ring (bicyclic) bond motifs is 1. The van der Waals surface area contributed by atoms with E-state index in [1.165, 1.54) is 11.3 Å². The van der Waals surface area contributed by atoms with Crippen molar-refractivity contribution in [2.75, 3.05) is 0 Å². The summed E-state index contributed by atoms with van der Waals surface area (Å²) in [5.74, 6) is -0.184. The molecule has 0 saturated heterocycles. The molecule has 0 N–H and O–H groups in total. The molecule has 0 aliphatic rings. The van der Waals surface area contributed by atoms with Crippen molar-refractivity contribution in [2.24, 2.45) is 0 Å². The van der Waals surface area contributed by atoms with Crippen molar-refractivity contribution in [1.29, 1.82) is 0 Å². The molecule has 0 amide bonds. The van der Waals surface area contributed by atoms with Gasteiger partial charge in [-0.25, -0.2) is 14.5 Å². The highest BCUT2D eigenvalue weighted by Gasteiger charge is 2.17. The van der Waals surface area contributed by atoms with Gasteiger partial charge in [0, 0.05) is 17.7 Å². The van der Waals surface area contributed by atoms with Crippen LogP contribution in [0.25, 0.3) is 21.6 Å². The molecule has 0 aromatic carbocycles. The number of rotatable bonds is 4. The largest absolute Gasteiger partial charge is 0.460 e. The maximum absolute atomic E-state index is 11.8. The lowest BCUT2D eigenvalue weighted by atomic mass is 10.2. The van der Waals surface area contributed by atoms with E-state index in [0.29, 0.717) is 13.0 Å². The van der Waals surface area contributed by atoms with E-state index < -0.39 is 5.60 Å². The van der Waals surface area contributed by atoms with Crippen LogP contribution in [0.2, 0.25) is 0 Å². The number of hydrogen-bond donors (Lipinski definition) is 0. The van der Waals surface area contributed by atoms with Crippen LogP contribution < -0.4 is 4.57 Å². The quantitative estimate of drug-likeness (QED) is 0.539. The number of nitrogens with zero attached hydrogens (tertiary/aromatic N) is 3. The minimum atomic E-state index is -0.438. The Labute approximate surface area is 145 Å². The third-order valence-corrected chi connectivity index (χ3v) is 4.11. The van der Waals surface area contributed by atoms with Crippen LogP contribution in [0.5, 0.6) is 0 Å². The number of aryl methyl sites for hydroxylation is 1. The Morgan fingerprint density at radius 3 is 2.67 bits per heavy atom. The first-order valence-electron chi connectivity index (χ1n) is 7.82. The third-order valence-electron chi connectivity index (χ3n) is 3.38. The third kappa shape index (κ3) is 4.14. The molecule has 0 saturated carbocycles. The van der Waals surface area contributed by atoms with Gasteiger partial charge in [-0.1, -0.05) is 0 Å². The monoisotopic (exact) mass is 342 g/mol. The molecule has 0 atom stereocenters. The van der Waals surface area contributed by atoms with Crippen LogP contribution in [0.1, 0.15) is 27.2 Å². The zero-order chi connectivity index (χ0) is 17.2. The Bertz CT molecular complexity index is 851. The van der Waals surface area contributed by atoms with E-state index in [2.05, 4.69) is 9.97 Å². The summed E-state index contributed by atoms with van der Waals surface area (Å²) in [6.45, 7) is 6.22. The fourth-order valence-electron chi connectivity index (χ4n) is 2.30. The number of pyridine rings is 2. The first-order chi connectivity index (χ1) is 11.4. The highest BCUT2D eigenvalue weighted by Crippen LogP contribution is 2.21. The molecule has 0 radical (unpaired) electrons. The predicted octanol–water partition coefficient (Wildman–Crippen LogP) is 3.38. The lowest BCUT2D eigenvalue weighted by Gasteiger charge is -2.18. The molecule has 6 heteroatoms. The number of thiazole rings is 1. The first kappa shape index (κ1) is 16.5. The average Bonchev–Trinajstić information content (AvgIpc) is 2.99. The van der Waals surface area contributed by atoms with Gasteiger partial charge in [0.15, 0.2) is 18.9 Å². The molecule has 24 heavy (non-hydrogen) atoms. The molecular formula is C18H20N3O2S+. The molecule has 3 rings (SSSR count). The first-order valence-corrected chi connectivity index (χ1v) is 8.70. The number of carbonyl (C=O) groups is 1. The van der Waals surface area contributed by atoms with Crippen LogP contribution in [-0.2, 0) is 16.1 Å². The Morgan fingerprint density at radius 1 is 1.21 bits per heavy atom. The number of esters is 1. The lowest BCUT2D eigenvalue weighted by Crippen LogP contribution is -2.35. The van der Waals surface area contributed by atoms with E-state index in [1.54, 1.807) is 5.51 Å². The molecule has 0 aliphatic carbocycles. The average molecular weight is 342 g/mol. The highest BCUT2D eigenvalue weighted by molar-refractivity contribution is 7.16. The fraction of sp³-hybridized carbons (Fsp3) is 0.333. The molecule has 0 spiro atoms. The molecule has 5 nitrogen and oxygen atoms in total. The van der Waals surface area contributed by atoms with Gasteiger partial charge < -0.3 is 4.74 Å². The van der Waals surface area contributed by atoms with Gasteiger partial charge in [0.2, 0.25) is 0 Å².